The van der Waals surface area contributed by atoms with Gasteiger partial charge < -0.3 is 14.5 Å². The van der Waals surface area contributed by atoms with Gasteiger partial charge in [-0.25, -0.2) is 0 Å². The predicted octanol–water partition coefficient (Wildman–Crippen LogP) is 3.33. The van der Waals surface area contributed by atoms with Gasteiger partial charge in [0, 0.05) is 49.6 Å². The molecule has 2 heterocycles. The van der Waals surface area contributed by atoms with Crippen molar-refractivity contribution >= 4 is 17.5 Å². The van der Waals surface area contributed by atoms with Gasteiger partial charge in [0.05, 0.1) is 5.60 Å². The minimum atomic E-state index is -0.222. The Morgan fingerprint density at radius 1 is 1.16 bits per heavy atom. The number of halogens is 1. The molecule has 4 nitrogen and oxygen atoms in total. The van der Waals surface area contributed by atoms with E-state index in [1.54, 1.807) is 0 Å². The number of nitrogens with zero attached hydrogens (tertiary/aromatic N) is 2. The van der Waals surface area contributed by atoms with Crippen LogP contribution in [0.15, 0.2) is 24.3 Å². The SMILES string of the molecule is CN1CCN(C(=O)C[C@@]2(c3ccc(Cl)cc3)CCOC(C)(C)C2)CC1. The van der Waals surface area contributed by atoms with Gasteiger partial charge in [-0.1, -0.05) is 23.7 Å². The second kappa shape index (κ2) is 7.26. The lowest BCUT2D eigenvalue weighted by Gasteiger charge is -2.46. The molecule has 25 heavy (non-hydrogen) atoms. The highest BCUT2D eigenvalue weighted by Crippen LogP contribution is 2.44. The Labute approximate surface area is 156 Å². The molecule has 1 aromatic carbocycles. The minimum Gasteiger partial charge on any atom is -0.376 e. The number of carbonyl (C=O) groups excluding carboxylic acids is 1. The van der Waals surface area contributed by atoms with E-state index in [1.165, 1.54) is 5.56 Å². The first kappa shape index (κ1) is 18.7. The van der Waals surface area contributed by atoms with Crippen molar-refractivity contribution in [2.45, 2.75) is 44.1 Å². The molecule has 0 radical (unpaired) electrons. The molecule has 0 saturated carbocycles. The van der Waals surface area contributed by atoms with Crippen molar-refractivity contribution < 1.29 is 9.53 Å². The lowest BCUT2D eigenvalue weighted by molar-refractivity contribution is -0.138. The molecule has 0 unspecified atom stereocenters. The van der Waals surface area contributed by atoms with Gasteiger partial charge in [-0.05, 0) is 51.4 Å². The maximum absolute atomic E-state index is 13.1. The van der Waals surface area contributed by atoms with Crippen LogP contribution in [0.2, 0.25) is 5.02 Å². The number of piperazine rings is 1. The Morgan fingerprint density at radius 3 is 2.40 bits per heavy atom. The van der Waals surface area contributed by atoms with E-state index in [9.17, 15) is 4.79 Å². The van der Waals surface area contributed by atoms with E-state index in [-0.39, 0.29) is 16.9 Å². The number of carbonyl (C=O) groups is 1. The lowest BCUT2D eigenvalue weighted by atomic mass is 9.67. The van der Waals surface area contributed by atoms with Crippen LogP contribution in [-0.2, 0) is 14.9 Å². The Bertz CT molecular complexity index is 609. The fourth-order valence-electron chi connectivity index (χ4n) is 4.24. The molecule has 2 saturated heterocycles. The first-order chi connectivity index (χ1) is 11.8. The molecule has 1 amide bonds. The van der Waals surface area contributed by atoms with Crippen molar-refractivity contribution in [1.29, 1.82) is 0 Å². The summed E-state index contributed by atoms with van der Waals surface area (Å²) in [5.74, 6) is 0.265. The second-order valence-corrected chi connectivity index (χ2v) is 8.62. The van der Waals surface area contributed by atoms with Gasteiger partial charge >= 0.3 is 0 Å². The topological polar surface area (TPSA) is 32.8 Å². The summed E-state index contributed by atoms with van der Waals surface area (Å²) in [6.07, 6.45) is 2.27. The Hall–Kier alpha value is -1.10. The molecule has 5 heteroatoms. The van der Waals surface area contributed by atoms with E-state index in [0.717, 1.165) is 44.0 Å². The molecule has 0 aromatic heterocycles. The number of amides is 1. The molecule has 1 aromatic rings. The predicted molar refractivity (Wildman–Crippen MR) is 101 cm³/mol. The highest BCUT2D eigenvalue weighted by Gasteiger charge is 2.44. The zero-order valence-electron chi connectivity index (χ0n) is 15.6. The smallest absolute Gasteiger partial charge is 0.223 e. The van der Waals surface area contributed by atoms with Crippen LogP contribution in [0.25, 0.3) is 0 Å². The maximum Gasteiger partial charge on any atom is 0.223 e. The molecule has 2 aliphatic rings. The molecule has 2 aliphatic heterocycles. The summed E-state index contributed by atoms with van der Waals surface area (Å²) in [6.45, 7) is 8.49. The molecular weight excluding hydrogens is 336 g/mol. The van der Waals surface area contributed by atoms with Crippen LogP contribution in [-0.4, -0.2) is 61.1 Å². The van der Waals surface area contributed by atoms with Gasteiger partial charge in [-0.2, -0.15) is 0 Å². The van der Waals surface area contributed by atoms with Crippen molar-refractivity contribution in [2.24, 2.45) is 0 Å². The normalized spacial score (nSPS) is 27.3. The van der Waals surface area contributed by atoms with Crippen LogP contribution in [0.1, 0.15) is 38.7 Å². The number of ether oxygens (including phenoxy) is 1. The zero-order valence-corrected chi connectivity index (χ0v) is 16.3. The molecule has 0 aliphatic carbocycles. The third kappa shape index (κ3) is 4.36. The summed E-state index contributed by atoms with van der Waals surface area (Å²) in [5, 5.41) is 0.732. The van der Waals surface area contributed by atoms with Crippen LogP contribution in [0.5, 0.6) is 0 Å². The maximum atomic E-state index is 13.1. The average molecular weight is 365 g/mol. The van der Waals surface area contributed by atoms with Crippen LogP contribution in [0.4, 0.5) is 0 Å². The van der Waals surface area contributed by atoms with Gasteiger partial charge in [-0.15, -0.1) is 0 Å². The molecule has 2 fully saturated rings. The number of likely N-dealkylation sites (N-methyl/N-ethyl adjacent to an activating group) is 1. The molecule has 0 spiro atoms. The monoisotopic (exact) mass is 364 g/mol. The summed E-state index contributed by atoms with van der Waals surface area (Å²) < 4.78 is 5.95. The molecular formula is C20H29ClN2O2. The van der Waals surface area contributed by atoms with Crippen LogP contribution in [0, 0.1) is 0 Å². The summed E-state index contributed by atoms with van der Waals surface area (Å²) in [5.41, 5.74) is 0.809. The first-order valence-corrected chi connectivity index (χ1v) is 9.54. The molecule has 0 N–H and O–H groups in total. The largest absolute Gasteiger partial charge is 0.376 e. The van der Waals surface area contributed by atoms with Crippen LogP contribution in [0.3, 0.4) is 0 Å². The Morgan fingerprint density at radius 2 is 1.80 bits per heavy atom. The van der Waals surface area contributed by atoms with Gasteiger partial charge in [-0.3, -0.25) is 4.79 Å². The molecule has 1 atom stereocenters. The quantitative estimate of drug-likeness (QED) is 0.824. The summed E-state index contributed by atoms with van der Waals surface area (Å²) in [7, 11) is 2.11. The van der Waals surface area contributed by atoms with E-state index in [2.05, 4.69) is 37.9 Å². The standard InChI is InChI=1S/C20H29ClN2O2/c1-19(2)15-20(8-13-25-19,16-4-6-17(21)7-5-16)14-18(24)23-11-9-22(3)10-12-23/h4-7H,8-15H2,1-3H3/t20-/m0/s1. The number of hydrogen-bond acceptors (Lipinski definition) is 3. The van der Waals surface area contributed by atoms with E-state index < -0.39 is 0 Å². The zero-order chi connectivity index (χ0) is 18.1. The van der Waals surface area contributed by atoms with Crippen molar-refractivity contribution in [1.82, 2.24) is 9.80 Å². The Kier molecular flexibility index (Phi) is 5.42. The second-order valence-electron chi connectivity index (χ2n) is 8.18. The lowest BCUT2D eigenvalue weighted by Crippen LogP contribution is -2.51. The number of benzene rings is 1. The summed E-state index contributed by atoms with van der Waals surface area (Å²) >= 11 is 6.09. The van der Waals surface area contributed by atoms with E-state index >= 15 is 0 Å². The van der Waals surface area contributed by atoms with Crippen molar-refractivity contribution in [3.63, 3.8) is 0 Å². The summed E-state index contributed by atoms with van der Waals surface area (Å²) in [4.78, 5) is 17.4. The van der Waals surface area contributed by atoms with E-state index in [4.69, 9.17) is 16.3 Å². The van der Waals surface area contributed by atoms with Crippen molar-refractivity contribution in [2.75, 3.05) is 39.8 Å². The molecule has 3 rings (SSSR count). The number of hydrogen-bond donors (Lipinski definition) is 0. The highest BCUT2D eigenvalue weighted by molar-refractivity contribution is 6.30. The van der Waals surface area contributed by atoms with Crippen LogP contribution >= 0.6 is 11.6 Å². The van der Waals surface area contributed by atoms with Crippen LogP contribution < -0.4 is 0 Å². The van der Waals surface area contributed by atoms with E-state index in [0.29, 0.717) is 13.0 Å². The average Bonchev–Trinajstić information content (AvgIpc) is 2.55. The highest BCUT2D eigenvalue weighted by atomic mass is 35.5. The van der Waals surface area contributed by atoms with Gasteiger partial charge in [0.15, 0.2) is 0 Å². The molecule has 0 bridgehead atoms. The van der Waals surface area contributed by atoms with Gasteiger partial charge in [0.2, 0.25) is 5.91 Å². The Balaban J connectivity index is 1.84. The molecule has 138 valence electrons. The van der Waals surface area contributed by atoms with Crippen molar-refractivity contribution in [3.8, 4) is 0 Å². The summed E-state index contributed by atoms with van der Waals surface area (Å²) in [6, 6.07) is 8.03. The minimum absolute atomic E-state index is 0.174. The van der Waals surface area contributed by atoms with Gasteiger partial charge in [0.1, 0.15) is 0 Å². The fourth-order valence-corrected chi connectivity index (χ4v) is 4.36. The third-order valence-electron chi connectivity index (χ3n) is 5.64. The van der Waals surface area contributed by atoms with E-state index in [1.807, 2.05) is 17.0 Å². The fraction of sp³-hybridized carbons (Fsp3) is 0.650. The first-order valence-electron chi connectivity index (χ1n) is 9.16. The van der Waals surface area contributed by atoms with Gasteiger partial charge in [0.25, 0.3) is 0 Å². The number of rotatable bonds is 3. The van der Waals surface area contributed by atoms with Crippen molar-refractivity contribution in [3.05, 3.63) is 34.9 Å². The third-order valence-corrected chi connectivity index (χ3v) is 5.89.